The number of nitrogens with zero attached hydrogens (tertiary/aromatic N) is 2. The van der Waals surface area contributed by atoms with Crippen LogP contribution in [0.25, 0.3) is 0 Å². The zero-order valence-electron chi connectivity index (χ0n) is 15.4. The highest BCUT2D eigenvalue weighted by molar-refractivity contribution is 7.91. The summed E-state index contributed by atoms with van der Waals surface area (Å²) in [7, 11) is 0.471. The summed E-state index contributed by atoms with van der Waals surface area (Å²) in [5.41, 5.74) is 2.13. The van der Waals surface area contributed by atoms with Crippen LogP contribution in [-0.2, 0) is 16.4 Å². The Morgan fingerprint density at radius 2 is 2.04 bits per heavy atom. The summed E-state index contributed by atoms with van der Waals surface area (Å²) in [5, 5.41) is 2.87. The van der Waals surface area contributed by atoms with Gasteiger partial charge in [-0.15, -0.1) is 0 Å². The number of carbonyl (C=O) groups excluding carboxylic acids is 1. The first-order valence-electron chi connectivity index (χ1n) is 8.67. The van der Waals surface area contributed by atoms with Gasteiger partial charge < -0.3 is 15.0 Å². The largest absolute Gasteiger partial charge is 0.497 e. The minimum Gasteiger partial charge on any atom is -0.497 e. The van der Waals surface area contributed by atoms with Crippen molar-refractivity contribution in [1.82, 2.24) is 10.3 Å². The second kappa shape index (κ2) is 7.96. The van der Waals surface area contributed by atoms with Gasteiger partial charge in [0.05, 0.1) is 36.1 Å². The predicted molar refractivity (Wildman–Crippen MR) is 104 cm³/mol. The number of carbonyl (C=O) groups is 1. The van der Waals surface area contributed by atoms with Gasteiger partial charge in [-0.2, -0.15) is 0 Å². The number of amides is 1. The van der Waals surface area contributed by atoms with Crippen molar-refractivity contribution in [1.29, 1.82) is 0 Å². The fraction of sp³-hybridized carbons (Fsp3) is 0.368. The number of nitrogens with one attached hydrogen (secondary N) is 1. The molecule has 1 fully saturated rings. The van der Waals surface area contributed by atoms with Gasteiger partial charge in [0.25, 0.3) is 5.91 Å². The highest BCUT2D eigenvalue weighted by atomic mass is 32.2. The first-order valence-corrected chi connectivity index (χ1v) is 10.5. The molecule has 27 heavy (non-hydrogen) atoms. The minimum atomic E-state index is -2.97. The van der Waals surface area contributed by atoms with Crippen molar-refractivity contribution in [3.05, 3.63) is 53.9 Å². The molecule has 2 heterocycles. The molecule has 7 nitrogen and oxygen atoms in total. The summed E-state index contributed by atoms with van der Waals surface area (Å²) in [4.78, 5) is 18.5. The molecule has 1 unspecified atom stereocenters. The van der Waals surface area contributed by atoms with Crippen LogP contribution in [0.1, 0.15) is 22.3 Å². The lowest BCUT2D eigenvalue weighted by molar-refractivity contribution is 0.0950. The quantitative estimate of drug-likeness (QED) is 0.808. The summed E-state index contributed by atoms with van der Waals surface area (Å²) < 4.78 is 28.5. The number of hydrogen-bond donors (Lipinski definition) is 1. The van der Waals surface area contributed by atoms with Crippen LogP contribution in [0.4, 0.5) is 5.69 Å². The maximum atomic E-state index is 12.5. The Morgan fingerprint density at radius 3 is 2.67 bits per heavy atom. The lowest BCUT2D eigenvalue weighted by atomic mass is 10.2. The third kappa shape index (κ3) is 4.77. The van der Waals surface area contributed by atoms with Gasteiger partial charge in [-0.1, -0.05) is 12.1 Å². The zero-order chi connectivity index (χ0) is 19.4. The topological polar surface area (TPSA) is 88.6 Å². The maximum absolute atomic E-state index is 12.5. The van der Waals surface area contributed by atoms with E-state index in [2.05, 4.69) is 10.3 Å². The van der Waals surface area contributed by atoms with E-state index >= 15 is 0 Å². The number of ether oxygens (including phenoxy) is 1. The summed E-state index contributed by atoms with van der Waals surface area (Å²) in [5.74, 6) is 0.876. The number of methoxy groups -OCH3 is 1. The summed E-state index contributed by atoms with van der Waals surface area (Å²) >= 11 is 0. The van der Waals surface area contributed by atoms with Crippen LogP contribution in [0.15, 0.2) is 42.7 Å². The van der Waals surface area contributed by atoms with Crippen LogP contribution in [-0.4, -0.2) is 51.0 Å². The van der Waals surface area contributed by atoms with E-state index in [1.165, 1.54) is 6.20 Å². The molecule has 2 aromatic rings. The van der Waals surface area contributed by atoms with E-state index in [9.17, 15) is 13.2 Å². The van der Waals surface area contributed by atoms with E-state index in [0.29, 0.717) is 18.5 Å². The van der Waals surface area contributed by atoms with Gasteiger partial charge in [0.1, 0.15) is 5.75 Å². The fourth-order valence-electron chi connectivity index (χ4n) is 3.06. The highest BCUT2D eigenvalue weighted by Gasteiger charge is 2.31. The fourth-order valence-corrected chi connectivity index (χ4v) is 4.84. The minimum absolute atomic E-state index is 0.0885. The smallest absolute Gasteiger partial charge is 0.253 e. The molecule has 1 aliphatic heterocycles. The Bertz CT molecular complexity index is 913. The zero-order valence-corrected chi connectivity index (χ0v) is 16.2. The molecule has 1 atom stereocenters. The van der Waals surface area contributed by atoms with Crippen molar-refractivity contribution >= 4 is 21.4 Å². The van der Waals surface area contributed by atoms with Gasteiger partial charge in [-0.3, -0.25) is 9.78 Å². The van der Waals surface area contributed by atoms with E-state index < -0.39 is 9.84 Å². The lowest BCUT2D eigenvalue weighted by Crippen LogP contribution is -2.33. The number of rotatable bonds is 6. The van der Waals surface area contributed by atoms with E-state index in [-0.39, 0.29) is 23.5 Å². The average Bonchev–Trinajstić information content (AvgIpc) is 3.05. The second-order valence-corrected chi connectivity index (χ2v) is 8.86. The molecule has 1 aromatic heterocycles. The predicted octanol–water partition coefficient (Wildman–Crippen LogP) is 1.64. The Labute approximate surface area is 159 Å². The van der Waals surface area contributed by atoms with Gasteiger partial charge in [0, 0.05) is 25.8 Å². The van der Waals surface area contributed by atoms with Gasteiger partial charge in [0.2, 0.25) is 0 Å². The first kappa shape index (κ1) is 19.2. The highest BCUT2D eigenvalue weighted by Crippen LogP contribution is 2.23. The Hall–Kier alpha value is -2.61. The Kier molecular flexibility index (Phi) is 5.65. The SMILES string of the molecule is COc1ccc(CNC(=O)c2cncc(N(C)C3CCS(=O)(=O)C3)c2)cc1. The van der Waals surface area contributed by atoms with Crippen LogP contribution in [0.5, 0.6) is 5.75 Å². The van der Waals surface area contributed by atoms with Gasteiger partial charge >= 0.3 is 0 Å². The standard InChI is InChI=1S/C19H23N3O4S/c1-22(16-7-8-27(24,25)13-16)17-9-15(11-20-12-17)19(23)21-10-14-3-5-18(26-2)6-4-14/h3-6,9,11-12,16H,7-8,10,13H2,1-2H3,(H,21,23). The molecule has 1 amide bonds. The molecule has 0 spiro atoms. The number of aromatic nitrogens is 1. The van der Waals surface area contributed by atoms with Crippen molar-refractivity contribution < 1.29 is 17.9 Å². The summed E-state index contributed by atoms with van der Waals surface area (Å²) in [6.07, 6.45) is 3.74. The van der Waals surface area contributed by atoms with Crippen LogP contribution >= 0.6 is 0 Å². The molecule has 0 saturated carbocycles. The monoisotopic (exact) mass is 389 g/mol. The summed E-state index contributed by atoms with van der Waals surface area (Å²) in [6, 6.07) is 9.11. The van der Waals surface area contributed by atoms with Gasteiger partial charge in [0.15, 0.2) is 9.84 Å². The molecule has 1 aromatic carbocycles. The molecule has 3 rings (SSSR count). The third-order valence-electron chi connectivity index (χ3n) is 4.76. The van der Waals surface area contributed by atoms with E-state index in [1.807, 2.05) is 36.2 Å². The number of benzene rings is 1. The number of pyridine rings is 1. The van der Waals surface area contributed by atoms with Crippen molar-refractivity contribution in [2.45, 2.75) is 19.0 Å². The molecule has 1 saturated heterocycles. The second-order valence-electron chi connectivity index (χ2n) is 6.63. The van der Waals surface area contributed by atoms with Crippen LogP contribution in [0, 0.1) is 0 Å². The molecular formula is C19H23N3O4S. The van der Waals surface area contributed by atoms with Crippen molar-refractivity contribution in [2.75, 3.05) is 30.6 Å². The van der Waals surface area contributed by atoms with Gasteiger partial charge in [-0.05, 0) is 30.2 Å². The van der Waals surface area contributed by atoms with Crippen molar-refractivity contribution in [2.24, 2.45) is 0 Å². The maximum Gasteiger partial charge on any atom is 0.253 e. The Morgan fingerprint density at radius 1 is 1.30 bits per heavy atom. The average molecular weight is 389 g/mol. The number of sulfone groups is 1. The van der Waals surface area contributed by atoms with Crippen LogP contribution in [0.3, 0.4) is 0 Å². The molecule has 0 bridgehead atoms. The molecular weight excluding hydrogens is 366 g/mol. The molecule has 1 aliphatic rings. The van der Waals surface area contributed by atoms with E-state index in [1.54, 1.807) is 19.4 Å². The summed E-state index contributed by atoms with van der Waals surface area (Å²) in [6.45, 7) is 0.393. The molecule has 0 aliphatic carbocycles. The Balaban J connectivity index is 1.64. The van der Waals surface area contributed by atoms with Crippen LogP contribution < -0.4 is 15.0 Å². The molecule has 8 heteroatoms. The van der Waals surface area contributed by atoms with E-state index in [4.69, 9.17) is 4.74 Å². The van der Waals surface area contributed by atoms with Crippen molar-refractivity contribution in [3.63, 3.8) is 0 Å². The third-order valence-corrected chi connectivity index (χ3v) is 6.51. The number of anilines is 1. The van der Waals surface area contributed by atoms with E-state index in [0.717, 1.165) is 17.0 Å². The lowest BCUT2D eigenvalue weighted by Gasteiger charge is -2.25. The van der Waals surface area contributed by atoms with Crippen LogP contribution in [0.2, 0.25) is 0 Å². The number of hydrogen-bond acceptors (Lipinski definition) is 6. The molecule has 0 radical (unpaired) electrons. The van der Waals surface area contributed by atoms with Crippen molar-refractivity contribution in [3.8, 4) is 5.75 Å². The molecule has 144 valence electrons. The first-order chi connectivity index (χ1) is 12.9. The van der Waals surface area contributed by atoms with Gasteiger partial charge in [-0.25, -0.2) is 8.42 Å². The molecule has 1 N–H and O–H groups in total. The normalized spacial score (nSPS) is 18.1.